The van der Waals surface area contributed by atoms with Crippen LogP contribution in [0, 0.1) is 0 Å². The first kappa shape index (κ1) is 13.5. The summed E-state index contributed by atoms with van der Waals surface area (Å²) in [6.07, 6.45) is -15.6. The quantitative estimate of drug-likeness (QED) is 0.630. The number of ether oxygens (including phenoxy) is 1. The molecule has 0 saturated heterocycles. The number of halogens is 6. The van der Waals surface area contributed by atoms with Crippen LogP contribution in [0.1, 0.15) is 6.92 Å². The molecule has 0 bridgehead atoms. The molecule has 0 spiro atoms. The zero-order chi connectivity index (χ0) is 11.3. The third-order valence-electron chi connectivity index (χ3n) is 1.47. The van der Waals surface area contributed by atoms with Crippen molar-refractivity contribution in [3.8, 4) is 0 Å². The van der Waals surface area contributed by atoms with Crippen LogP contribution in [-0.2, 0) is 4.74 Å². The zero-order valence-electron chi connectivity index (χ0n) is 7.27. The van der Waals surface area contributed by atoms with E-state index in [-0.39, 0.29) is 6.61 Å². The van der Waals surface area contributed by atoms with E-state index in [9.17, 15) is 26.3 Å². The van der Waals surface area contributed by atoms with Crippen LogP contribution < -0.4 is 0 Å². The standard InChI is InChI=1S/C7H10F6O/c1-2-14-5(3(8)6(10)11)4(9)7(12)13/h3-7H,2H2,1H3. The lowest BCUT2D eigenvalue weighted by Gasteiger charge is -2.23. The van der Waals surface area contributed by atoms with Crippen LogP contribution in [0.15, 0.2) is 0 Å². The van der Waals surface area contributed by atoms with Crippen molar-refractivity contribution in [2.75, 3.05) is 6.61 Å². The van der Waals surface area contributed by atoms with Gasteiger partial charge in [0.25, 0.3) is 12.9 Å². The lowest BCUT2D eigenvalue weighted by Crippen LogP contribution is -2.42. The molecule has 0 fully saturated rings. The molecule has 7 heteroatoms. The Morgan fingerprint density at radius 1 is 0.857 bits per heavy atom. The predicted octanol–water partition coefficient (Wildman–Crippen LogP) is 2.60. The molecule has 0 aromatic carbocycles. The van der Waals surface area contributed by atoms with E-state index in [1.807, 2.05) is 0 Å². The van der Waals surface area contributed by atoms with Crippen LogP contribution in [0.25, 0.3) is 0 Å². The fourth-order valence-corrected chi connectivity index (χ4v) is 0.839. The SMILES string of the molecule is CCOC(C(F)C(F)F)C(F)C(F)F. The number of rotatable bonds is 6. The highest BCUT2D eigenvalue weighted by molar-refractivity contribution is 4.81. The molecule has 86 valence electrons. The van der Waals surface area contributed by atoms with Gasteiger partial charge in [-0.1, -0.05) is 0 Å². The first-order chi connectivity index (χ1) is 6.41. The Hall–Kier alpha value is -0.460. The summed E-state index contributed by atoms with van der Waals surface area (Å²) in [4.78, 5) is 0. The summed E-state index contributed by atoms with van der Waals surface area (Å²) in [5, 5.41) is 0. The minimum atomic E-state index is -3.54. The molecule has 2 atom stereocenters. The van der Waals surface area contributed by atoms with Crippen molar-refractivity contribution in [1.29, 1.82) is 0 Å². The monoisotopic (exact) mass is 224 g/mol. The molecule has 0 rings (SSSR count). The van der Waals surface area contributed by atoms with Gasteiger partial charge in [-0.3, -0.25) is 0 Å². The number of hydrogen-bond donors (Lipinski definition) is 0. The molecule has 0 aliphatic carbocycles. The van der Waals surface area contributed by atoms with Gasteiger partial charge < -0.3 is 4.74 Å². The second-order valence-corrected chi connectivity index (χ2v) is 2.48. The average Bonchev–Trinajstić information content (AvgIpc) is 2.11. The maximum atomic E-state index is 12.5. The van der Waals surface area contributed by atoms with Crippen molar-refractivity contribution < 1.29 is 31.1 Å². The summed E-state index contributed by atoms with van der Waals surface area (Å²) >= 11 is 0. The molecule has 0 aliphatic heterocycles. The van der Waals surface area contributed by atoms with Gasteiger partial charge in [-0.25, -0.2) is 26.3 Å². The highest BCUT2D eigenvalue weighted by atomic mass is 19.3. The van der Waals surface area contributed by atoms with Crippen molar-refractivity contribution in [3.05, 3.63) is 0 Å². The minimum Gasteiger partial charge on any atom is -0.372 e. The third-order valence-corrected chi connectivity index (χ3v) is 1.47. The molecule has 0 aromatic heterocycles. The van der Waals surface area contributed by atoms with E-state index >= 15 is 0 Å². The normalized spacial score (nSPS) is 18.6. The van der Waals surface area contributed by atoms with Gasteiger partial charge in [0, 0.05) is 6.61 Å². The van der Waals surface area contributed by atoms with Crippen LogP contribution in [0.3, 0.4) is 0 Å². The number of alkyl halides is 6. The highest BCUT2D eigenvalue weighted by Gasteiger charge is 2.41. The zero-order valence-corrected chi connectivity index (χ0v) is 7.27. The van der Waals surface area contributed by atoms with Crippen molar-refractivity contribution in [2.45, 2.75) is 38.2 Å². The van der Waals surface area contributed by atoms with Crippen LogP contribution in [-0.4, -0.2) is 37.9 Å². The van der Waals surface area contributed by atoms with E-state index in [1.165, 1.54) is 6.92 Å². The van der Waals surface area contributed by atoms with Gasteiger partial charge in [0.15, 0.2) is 12.3 Å². The molecular weight excluding hydrogens is 214 g/mol. The molecule has 0 aliphatic rings. The first-order valence-electron chi connectivity index (χ1n) is 3.87. The second-order valence-electron chi connectivity index (χ2n) is 2.48. The Balaban J connectivity index is 4.41. The second kappa shape index (κ2) is 6.10. The largest absolute Gasteiger partial charge is 0.372 e. The maximum absolute atomic E-state index is 12.5. The molecule has 1 nitrogen and oxygen atoms in total. The molecule has 0 radical (unpaired) electrons. The molecule has 0 heterocycles. The Kier molecular flexibility index (Phi) is 5.90. The summed E-state index contributed by atoms with van der Waals surface area (Å²) in [6, 6.07) is 0. The van der Waals surface area contributed by atoms with E-state index in [1.54, 1.807) is 0 Å². The van der Waals surface area contributed by atoms with Crippen molar-refractivity contribution in [1.82, 2.24) is 0 Å². The molecule has 0 aromatic rings. The van der Waals surface area contributed by atoms with Gasteiger partial charge in [-0.05, 0) is 6.92 Å². The van der Waals surface area contributed by atoms with Gasteiger partial charge >= 0.3 is 0 Å². The van der Waals surface area contributed by atoms with Crippen LogP contribution in [0.2, 0.25) is 0 Å². The van der Waals surface area contributed by atoms with Gasteiger partial charge in [0.2, 0.25) is 0 Å². The lowest BCUT2D eigenvalue weighted by atomic mass is 10.1. The fraction of sp³-hybridized carbons (Fsp3) is 1.00. The Bertz CT molecular complexity index is 139. The third kappa shape index (κ3) is 3.73. The van der Waals surface area contributed by atoms with Crippen molar-refractivity contribution >= 4 is 0 Å². The van der Waals surface area contributed by atoms with Crippen molar-refractivity contribution in [3.63, 3.8) is 0 Å². The fourth-order valence-electron chi connectivity index (χ4n) is 0.839. The van der Waals surface area contributed by atoms with Gasteiger partial charge in [0.1, 0.15) is 6.10 Å². The highest BCUT2D eigenvalue weighted by Crippen LogP contribution is 2.22. The van der Waals surface area contributed by atoms with Crippen LogP contribution in [0.5, 0.6) is 0 Å². The molecule has 0 saturated carbocycles. The Morgan fingerprint density at radius 3 is 1.43 bits per heavy atom. The van der Waals surface area contributed by atoms with Gasteiger partial charge in [-0.2, -0.15) is 0 Å². The molecule has 2 unspecified atom stereocenters. The van der Waals surface area contributed by atoms with E-state index in [0.717, 1.165) is 0 Å². The maximum Gasteiger partial charge on any atom is 0.272 e. The minimum absolute atomic E-state index is 0.315. The summed E-state index contributed by atoms with van der Waals surface area (Å²) < 4.78 is 76.3. The number of hydrogen-bond acceptors (Lipinski definition) is 1. The Morgan fingerprint density at radius 2 is 1.21 bits per heavy atom. The summed E-state index contributed by atoms with van der Waals surface area (Å²) in [7, 11) is 0. The van der Waals surface area contributed by atoms with Gasteiger partial charge in [-0.15, -0.1) is 0 Å². The van der Waals surface area contributed by atoms with Crippen LogP contribution >= 0.6 is 0 Å². The van der Waals surface area contributed by atoms with Gasteiger partial charge in [0.05, 0.1) is 0 Å². The van der Waals surface area contributed by atoms with Crippen LogP contribution in [0.4, 0.5) is 26.3 Å². The summed E-state index contributed by atoms with van der Waals surface area (Å²) in [6.45, 7) is 0.953. The van der Waals surface area contributed by atoms with E-state index in [2.05, 4.69) is 4.74 Å². The topological polar surface area (TPSA) is 9.23 Å². The summed E-state index contributed by atoms with van der Waals surface area (Å²) in [5.41, 5.74) is 0. The average molecular weight is 224 g/mol. The van der Waals surface area contributed by atoms with E-state index in [4.69, 9.17) is 0 Å². The first-order valence-corrected chi connectivity index (χ1v) is 3.87. The van der Waals surface area contributed by atoms with Crippen molar-refractivity contribution in [2.24, 2.45) is 0 Å². The Labute approximate surface area is 77.0 Å². The smallest absolute Gasteiger partial charge is 0.272 e. The lowest BCUT2D eigenvalue weighted by molar-refractivity contribution is -0.124. The summed E-state index contributed by atoms with van der Waals surface area (Å²) in [5.74, 6) is 0. The predicted molar refractivity (Wildman–Crippen MR) is 37.2 cm³/mol. The van der Waals surface area contributed by atoms with E-state index in [0.29, 0.717) is 0 Å². The molecule has 0 N–H and O–H groups in total. The molecule has 0 amide bonds. The van der Waals surface area contributed by atoms with E-state index < -0.39 is 31.3 Å². The molecule has 14 heavy (non-hydrogen) atoms. The molecular formula is C7H10F6O.